The third-order valence-corrected chi connectivity index (χ3v) is 5.85. The van der Waals surface area contributed by atoms with Gasteiger partial charge in [0.25, 0.3) is 0 Å². The molecule has 1 atom stereocenters. The Labute approximate surface area is 184 Å². The van der Waals surface area contributed by atoms with Gasteiger partial charge in [0, 0.05) is 18.4 Å². The van der Waals surface area contributed by atoms with Gasteiger partial charge >= 0.3 is 5.97 Å². The molecular formula is C22H24N4O4S. The van der Waals surface area contributed by atoms with Gasteiger partial charge in [-0.2, -0.15) is 0 Å². The number of hydrogen-bond donors (Lipinski definition) is 0. The molecule has 1 saturated heterocycles. The van der Waals surface area contributed by atoms with Gasteiger partial charge < -0.3 is 14.2 Å². The molecule has 1 unspecified atom stereocenters. The number of methoxy groups -OCH3 is 1. The Kier molecular flexibility index (Phi) is 6.83. The van der Waals surface area contributed by atoms with Crippen LogP contribution in [0.15, 0.2) is 52.8 Å². The average molecular weight is 441 g/mol. The SMILES string of the molecule is CCOC(=O)c1ccc(Sc2nnc(-c3ccc(OC)cc3)n2CC2CCCO2)nc1. The van der Waals surface area contributed by atoms with E-state index in [0.717, 1.165) is 46.8 Å². The first-order chi connectivity index (χ1) is 15.2. The summed E-state index contributed by atoms with van der Waals surface area (Å²) in [7, 11) is 1.64. The van der Waals surface area contributed by atoms with Crippen LogP contribution in [0.2, 0.25) is 0 Å². The molecule has 0 saturated carbocycles. The molecule has 3 heterocycles. The highest BCUT2D eigenvalue weighted by Gasteiger charge is 2.22. The van der Waals surface area contributed by atoms with Gasteiger partial charge in [0.2, 0.25) is 0 Å². The second-order valence-electron chi connectivity index (χ2n) is 6.99. The highest BCUT2D eigenvalue weighted by molar-refractivity contribution is 7.99. The highest BCUT2D eigenvalue weighted by atomic mass is 32.2. The zero-order chi connectivity index (χ0) is 21.6. The second kappa shape index (κ2) is 9.93. The summed E-state index contributed by atoms with van der Waals surface area (Å²) in [4.78, 5) is 16.2. The third kappa shape index (κ3) is 5.05. The third-order valence-electron chi connectivity index (χ3n) is 4.92. The van der Waals surface area contributed by atoms with Crippen molar-refractivity contribution in [1.29, 1.82) is 0 Å². The number of ether oxygens (including phenoxy) is 3. The Bertz CT molecular complexity index is 1010. The molecule has 1 aromatic carbocycles. The van der Waals surface area contributed by atoms with E-state index in [-0.39, 0.29) is 12.1 Å². The Morgan fingerprint density at radius 1 is 1.23 bits per heavy atom. The van der Waals surface area contributed by atoms with Crippen molar-refractivity contribution in [2.75, 3.05) is 20.3 Å². The predicted molar refractivity (Wildman–Crippen MR) is 115 cm³/mol. The molecule has 31 heavy (non-hydrogen) atoms. The molecule has 0 radical (unpaired) electrons. The largest absolute Gasteiger partial charge is 0.497 e. The summed E-state index contributed by atoms with van der Waals surface area (Å²) < 4.78 is 18.2. The summed E-state index contributed by atoms with van der Waals surface area (Å²) in [5.41, 5.74) is 1.37. The van der Waals surface area contributed by atoms with Crippen LogP contribution in [-0.2, 0) is 16.0 Å². The molecule has 162 valence electrons. The minimum atomic E-state index is -0.380. The number of carbonyl (C=O) groups is 1. The maximum Gasteiger partial charge on any atom is 0.339 e. The van der Waals surface area contributed by atoms with E-state index >= 15 is 0 Å². The normalized spacial score (nSPS) is 15.7. The molecule has 1 fully saturated rings. The first-order valence-corrected chi connectivity index (χ1v) is 11.0. The summed E-state index contributed by atoms with van der Waals surface area (Å²) in [5, 5.41) is 10.3. The molecule has 0 aliphatic carbocycles. The fourth-order valence-corrected chi connectivity index (χ4v) is 4.13. The molecule has 0 bridgehead atoms. The van der Waals surface area contributed by atoms with E-state index in [1.54, 1.807) is 26.2 Å². The fraction of sp³-hybridized carbons (Fsp3) is 0.364. The van der Waals surface area contributed by atoms with E-state index in [9.17, 15) is 4.79 Å². The van der Waals surface area contributed by atoms with Gasteiger partial charge in [-0.15, -0.1) is 10.2 Å². The number of hydrogen-bond acceptors (Lipinski definition) is 8. The van der Waals surface area contributed by atoms with E-state index in [2.05, 4.69) is 19.7 Å². The van der Waals surface area contributed by atoms with Gasteiger partial charge in [-0.25, -0.2) is 9.78 Å². The number of benzene rings is 1. The molecule has 9 heteroatoms. The van der Waals surface area contributed by atoms with Crippen molar-refractivity contribution in [2.45, 2.75) is 42.6 Å². The maximum absolute atomic E-state index is 11.8. The summed E-state index contributed by atoms with van der Waals surface area (Å²) >= 11 is 1.40. The number of nitrogens with zero attached hydrogens (tertiary/aromatic N) is 4. The van der Waals surface area contributed by atoms with Crippen LogP contribution in [0.3, 0.4) is 0 Å². The van der Waals surface area contributed by atoms with Gasteiger partial charge in [0.1, 0.15) is 10.8 Å². The van der Waals surface area contributed by atoms with Crippen LogP contribution in [0.1, 0.15) is 30.1 Å². The quantitative estimate of drug-likeness (QED) is 0.488. The second-order valence-corrected chi connectivity index (χ2v) is 7.98. The van der Waals surface area contributed by atoms with Crippen molar-refractivity contribution in [3.63, 3.8) is 0 Å². The van der Waals surface area contributed by atoms with E-state index in [1.165, 1.54) is 18.0 Å². The summed E-state index contributed by atoms with van der Waals surface area (Å²) in [6.45, 7) is 3.55. The number of aromatic nitrogens is 4. The molecular weight excluding hydrogens is 416 g/mol. The lowest BCUT2D eigenvalue weighted by Crippen LogP contribution is -2.16. The minimum Gasteiger partial charge on any atom is -0.497 e. The summed E-state index contributed by atoms with van der Waals surface area (Å²) in [6, 6.07) is 11.2. The van der Waals surface area contributed by atoms with Gasteiger partial charge in [-0.3, -0.25) is 4.57 Å². The average Bonchev–Trinajstić information content (AvgIpc) is 3.45. The molecule has 4 rings (SSSR count). The highest BCUT2D eigenvalue weighted by Crippen LogP contribution is 2.30. The molecule has 3 aromatic rings. The Hall–Kier alpha value is -2.91. The molecule has 1 aliphatic rings. The van der Waals surface area contributed by atoms with E-state index in [0.29, 0.717) is 18.7 Å². The fourth-order valence-electron chi connectivity index (χ4n) is 3.34. The smallest absolute Gasteiger partial charge is 0.339 e. The van der Waals surface area contributed by atoms with Crippen LogP contribution < -0.4 is 4.74 Å². The lowest BCUT2D eigenvalue weighted by Gasteiger charge is -2.14. The maximum atomic E-state index is 11.8. The topological polar surface area (TPSA) is 88.4 Å². The van der Waals surface area contributed by atoms with Crippen LogP contribution in [-0.4, -0.2) is 52.1 Å². The van der Waals surface area contributed by atoms with Gasteiger partial charge in [-0.05, 0) is 67.9 Å². The van der Waals surface area contributed by atoms with E-state index in [1.807, 2.05) is 24.3 Å². The number of rotatable bonds is 8. The molecule has 8 nitrogen and oxygen atoms in total. The van der Waals surface area contributed by atoms with Gasteiger partial charge in [-0.1, -0.05) is 0 Å². The Balaban J connectivity index is 1.60. The molecule has 2 aromatic heterocycles. The van der Waals surface area contributed by atoms with Crippen molar-refractivity contribution >= 4 is 17.7 Å². The molecule has 0 amide bonds. The first-order valence-electron chi connectivity index (χ1n) is 10.2. The lowest BCUT2D eigenvalue weighted by molar-refractivity contribution is 0.0525. The zero-order valence-corrected chi connectivity index (χ0v) is 18.3. The summed E-state index contributed by atoms with van der Waals surface area (Å²) in [5.74, 6) is 1.17. The molecule has 0 spiro atoms. The monoisotopic (exact) mass is 440 g/mol. The van der Waals surface area contributed by atoms with E-state index < -0.39 is 0 Å². The summed E-state index contributed by atoms with van der Waals surface area (Å²) in [6.07, 6.45) is 3.72. The van der Waals surface area contributed by atoms with Gasteiger partial charge in [0.05, 0.1) is 31.9 Å². The minimum absolute atomic E-state index is 0.131. The van der Waals surface area contributed by atoms with Crippen LogP contribution in [0.25, 0.3) is 11.4 Å². The van der Waals surface area contributed by atoms with Gasteiger partial charge in [0.15, 0.2) is 11.0 Å². The van der Waals surface area contributed by atoms with Crippen LogP contribution in [0, 0.1) is 0 Å². The predicted octanol–water partition coefficient (Wildman–Crippen LogP) is 3.86. The number of esters is 1. The lowest BCUT2D eigenvalue weighted by atomic mass is 10.2. The van der Waals surface area contributed by atoms with Crippen LogP contribution in [0.4, 0.5) is 0 Å². The number of carbonyl (C=O) groups excluding carboxylic acids is 1. The van der Waals surface area contributed by atoms with Crippen molar-refractivity contribution in [3.8, 4) is 17.1 Å². The Morgan fingerprint density at radius 2 is 2.06 bits per heavy atom. The van der Waals surface area contributed by atoms with Crippen molar-refractivity contribution < 1.29 is 19.0 Å². The number of pyridine rings is 1. The van der Waals surface area contributed by atoms with Crippen molar-refractivity contribution in [1.82, 2.24) is 19.7 Å². The van der Waals surface area contributed by atoms with Crippen LogP contribution >= 0.6 is 11.8 Å². The molecule has 1 aliphatic heterocycles. The molecule has 0 N–H and O–H groups in total. The Morgan fingerprint density at radius 3 is 2.71 bits per heavy atom. The van der Waals surface area contributed by atoms with Crippen LogP contribution in [0.5, 0.6) is 5.75 Å². The van der Waals surface area contributed by atoms with Crippen molar-refractivity contribution in [2.24, 2.45) is 0 Å². The zero-order valence-electron chi connectivity index (χ0n) is 17.5. The first kappa shape index (κ1) is 21.3. The van der Waals surface area contributed by atoms with E-state index in [4.69, 9.17) is 14.2 Å². The standard InChI is InChI=1S/C22H24N4O4S/c1-3-29-21(27)16-8-11-19(23-13-16)31-22-25-24-20(15-6-9-17(28-2)10-7-15)26(22)14-18-5-4-12-30-18/h6-11,13,18H,3-5,12,14H2,1-2H3. The van der Waals surface area contributed by atoms with Crippen molar-refractivity contribution in [3.05, 3.63) is 48.2 Å².